The Hall–Kier alpha value is -1.44. The van der Waals surface area contributed by atoms with Crippen LogP contribution in [0.3, 0.4) is 0 Å². The highest BCUT2D eigenvalue weighted by atomic mass is 32.2. The third-order valence-corrected chi connectivity index (χ3v) is 7.70. The SMILES string of the molecule is CCS(=O)(=O)N1CCC(C(=O)NCC(N)C2CC2)(c2ccccc2)CC1. The molecule has 1 heterocycles. The molecule has 1 aromatic rings. The molecule has 0 radical (unpaired) electrons. The summed E-state index contributed by atoms with van der Waals surface area (Å²) in [6.45, 7) is 2.87. The van der Waals surface area contributed by atoms with Gasteiger partial charge in [-0.15, -0.1) is 0 Å². The molecule has 2 aliphatic rings. The summed E-state index contributed by atoms with van der Waals surface area (Å²) in [5, 5.41) is 3.05. The summed E-state index contributed by atoms with van der Waals surface area (Å²) in [6, 6.07) is 9.71. The fourth-order valence-corrected chi connectivity index (χ4v) is 4.91. The first kappa shape index (κ1) is 19.3. The smallest absolute Gasteiger partial charge is 0.230 e. The molecule has 1 amide bonds. The van der Waals surface area contributed by atoms with Crippen LogP contribution in [0.15, 0.2) is 30.3 Å². The normalized spacial score (nSPS) is 21.9. The summed E-state index contributed by atoms with van der Waals surface area (Å²) >= 11 is 0. The second-order valence-corrected chi connectivity index (χ2v) is 9.72. The number of sulfonamides is 1. The van der Waals surface area contributed by atoms with Crippen LogP contribution in [-0.2, 0) is 20.2 Å². The van der Waals surface area contributed by atoms with Crippen molar-refractivity contribution in [2.24, 2.45) is 11.7 Å². The van der Waals surface area contributed by atoms with E-state index in [1.165, 1.54) is 4.31 Å². The number of nitrogens with two attached hydrogens (primary N) is 1. The minimum atomic E-state index is -3.23. The van der Waals surface area contributed by atoms with E-state index in [9.17, 15) is 13.2 Å². The fraction of sp³-hybridized carbons (Fsp3) is 0.632. The fourth-order valence-electron chi connectivity index (χ4n) is 3.80. The van der Waals surface area contributed by atoms with Crippen LogP contribution in [0, 0.1) is 5.92 Å². The van der Waals surface area contributed by atoms with E-state index in [0.717, 1.165) is 18.4 Å². The van der Waals surface area contributed by atoms with E-state index < -0.39 is 15.4 Å². The van der Waals surface area contributed by atoms with Gasteiger partial charge >= 0.3 is 0 Å². The Labute approximate surface area is 156 Å². The van der Waals surface area contributed by atoms with Crippen LogP contribution in [0.25, 0.3) is 0 Å². The topological polar surface area (TPSA) is 92.5 Å². The molecule has 7 heteroatoms. The first-order valence-electron chi connectivity index (χ1n) is 9.46. The van der Waals surface area contributed by atoms with Gasteiger partial charge in [0.15, 0.2) is 0 Å². The van der Waals surface area contributed by atoms with Crippen molar-refractivity contribution in [3.05, 3.63) is 35.9 Å². The molecule has 1 unspecified atom stereocenters. The highest BCUT2D eigenvalue weighted by Crippen LogP contribution is 2.37. The monoisotopic (exact) mass is 379 g/mol. The van der Waals surface area contributed by atoms with Crippen LogP contribution >= 0.6 is 0 Å². The maximum Gasteiger partial charge on any atom is 0.230 e. The van der Waals surface area contributed by atoms with Gasteiger partial charge in [-0.2, -0.15) is 0 Å². The molecule has 144 valence electrons. The van der Waals surface area contributed by atoms with Gasteiger partial charge in [0.05, 0.1) is 11.2 Å². The summed E-state index contributed by atoms with van der Waals surface area (Å²) in [5.41, 5.74) is 6.39. The molecular weight excluding hydrogens is 350 g/mol. The van der Waals surface area contributed by atoms with Crippen molar-refractivity contribution in [2.45, 2.75) is 44.1 Å². The average molecular weight is 380 g/mol. The highest BCUT2D eigenvalue weighted by molar-refractivity contribution is 7.89. The van der Waals surface area contributed by atoms with Crippen molar-refractivity contribution in [1.29, 1.82) is 0 Å². The molecule has 26 heavy (non-hydrogen) atoms. The number of amides is 1. The number of hydrogen-bond donors (Lipinski definition) is 2. The lowest BCUT2D eigenvalue weighted by Crippen LogP contribution is -2.54. The van der Waals surface area contributed by atoms with Crippen molar-refractivity contribution in [3.8, 4) is 0 Å². The van der Waals surface area contributed by atoms with E-state index in [4.69, 9.17) is 5.73 Å². The second-order valence-electron chi connectivity index (χ2n) is 7.46. The Balaban J connectivity index is 1.77. The number of carbonyl (C=O) groups excluding carboxylic acids is 1. The number of nitrogens with one attached hydrogen (secondary N) is 1. The van der Waals surface area contributed by atoms with Crippen LogP contribution < -0.4 is 11.1 Å². The molecular formula is C19H29N3O3S. The number of hydrogen-bond acceptors (Lipinski definition) is 4. The third kappa shape index (κ3) is 3.94. The predicted octanol–water partition coefficient (Wildman–Crippen LogP) is 1.22. The number of carbonyl (C=O) groups is 1. The number of nitrogens with zero attached hydrogens (tertiary/aromatic N) is 1. The molecule has 1 aliphatic heterocycles. The Morgan fingerprint density at radius 1 is 1.27 bits per heavy atom. The first-order valence-corrected chi connectivity index (χ1v) is 11.1. The van der Waals surface area contributed by atoms with E-state index in [0.29, 0.717) is 38.4 Å². The lowest BCUT2D eigenvalue weighted by atomic mass is 9.72. The van der Waals surface area contributed by atoms with Crippen LogP contribution in [0.4, 0.5) is 0 Å². The largest absolute Gasteiger partial charge is 0.354 e. The molecule has 1 aliphatic carbocycles. The Kier molecular flexibility index (Phi) is 5.69. The third-order valence-electron chi connectivity index (χ3n) is 5.82. The van der Waals surface area contributed by atoms with Crippen LogP contribution in [0.2, 0.25) is 0 Å². The van der Waals surface area contributed by atoms with E-state index >= 15 is 0 Å². The Morgan fingerprint density at radius 3 is 2.42 bits per heavy atom. The zero-order chi connectivity index (χ0) is 18.8. The number of benzene rings is 1. The molecule has 2 fully saturated rings. The zero-order valence-corrected chi connectivity index (χ0v) is 16.2. The summed E-state index contributed by atoms with van der Waals surface area (Å²) < 4.78 is 25.9. The Morgan fingerprint density at radius 2 is 1.88 bits per heavy atom. The zero-order valence-electron chi connectivity index (χ0n) is 15.4. The van der Waals surface area contributed by atoms with Gasteiger partial charge in [-0.1, -0.05) is 30.3 Å². The summed E-state index contributed by atoms with van der Waals surface area (Å²) in [7, 11) is -3.23. The molecule has 0 spiro atoms. The van der Waals surface area contributed by atoms with Gasteiger partial charge in [0.1, 0.15) is 0 Å². The van der Waals surface area contributed by atoms with Crippen molar-refractivity contribution in [3.63, 3.8) is 0 Å². The lowest BCUT2D eigenvalue weighted by Gasteiger charge is -2.40. The lowest BCUT2D eigenvalue weighted by molar-refractivity contribution is -0.128. The standard InChI is InChI=1S/C19H29N3O3S/c1-2-26(24,25)22-12-10-19(11-13-22,16-6-4-3-5-7-16)18(23)21-14-17(20)15-8-9-15/h3-7,15,17H,2,8-14,20H2,1H3,(H,21,23). The minimum Gasteiger partial charge on any atom is -0.354 e. The molecule has 0 bridgehead atoms. The number of rotatable bonds is 7. The molecule has 3 rings (SSSR count). The van der Waals surface area contributed by atoms with Gasteiger partial charge < -0.3 is 11.1 Å². The van der Waals surface area contributed by atoms with Crippen molar-refractivity contribution in [2.75, 3.05) is 25.4 Å². The van der Waals surface area contributed by atoms with Gasteiger partial charge in [0, 0.05) is 25.7 Å². The Bertz CT molecular complexity index is 724. The maximum atomic E-state index is 13.2. The van der Waals surface area contributed by atoms with Crippen LogP contribution in [0.1, 0.15) is 38.2 Å². The van der Waals surface area contributed by atoms with Crippen LogP contribution in [0.5, 0.6) is 0 Å². The number of piperidine rings is 1. The van der Waals surface area contributed by atoms with E-state index in [1.54, 1.807) is 6.92 Å². The quantitative estimate of drug-likeness (QED) is 0.745. The van der Waals surface area contributed by atoms with Crippen LogP contribution in [-0.4, -0.2) is 50.1 Å². The summed E-state index contributed by atoms with van der Waals surface area (Å²) in [5.74, 6) is 0.584. The summed E-state index contributed by atoms with van der Waals surface area (Å²) in [4.78, 5) is 13.2. The van der Waals surface area contributed by atoms with Crippen molar-refractivity contribution < 1.29 is 13.2 Å². The maximum absolute atomic E-state index is 13.2. The van der Waals surface area contributed by atoms with Gasteiger partial charge in [0.25, 0.3) is 0 Å². The van der Waals surface area contributed by atoms with E-state index in [1.807, 2.05) is 30.3 Å². The molecule has 1 saturated carbocycles. The highest BCUT2D eigenvalue weighted by Gasteiger charge is 2.44. The molecule has 0 aromatic heterocycles. The molecule has 1 aromatic carbocycles. The molecule has 3 N–H and O–H groups in total. The van der Waals surface area contributed by atoms with E-state index in [2.05, 4.69) is 5.32 Å². The van der Waals surface area contributed by atoms with Gasteiger partial charge in [0.2, 0.25) is 15.9 Å². The van der Waals surface area contributed by atoms with E-state index in [-0.39, 0.29) is 17.7 Å². The molecule has 6 nitrogen and oxygen atoms in total. The second kappa shape index (κ2) is 7.66. The minimum absolute atomic E-state index is 0.00679. The van der Waals surface area contributed by atoms with Gasteiger partial charge in [-0.25, -0.2) is 12.7 Å². The van der Waals surface area contributed by atoms with Gasteiger partial charge in [-0.05, 0) is 44.1 Å². The predicted molar refractivity (Wildman–Crippen MR) is 102 cm³/mol. The van der Waals surface area contributed by atoms with Gasteiger partial charge in [-0.3, -0.25) is 4.79 Å². The molecule has 1 saturated heterocycles. The summed E-state index contributed by atoms with van der Waals surface area (Å²) in [6.07, 6.45) is 3.26. The molecule has 1 atom stereocenters. The van der Waals surface area contributed by atoms with Crippen molar-refractivity contribution >= 4 is 15.9 Å². The van der Waals surface area contributed by atoms with Crippen molar-refractivity contribution in [1.82, 2.24) is 9.62 Å². The first-order chi connectivity index (χ1) is 12.4. The average Bonchev–Trinajstić information content (AvgIpc) is 3.52.